The quantitative estimate of drug-likeness (QED) is 0.653. The normalized spacial score (nSPS) is 9.08. The number of anilines is 1. The van der Waals surface area contributed by atoms with Crippen LogP contribution in [-0.2, 0) is 0 Å². The van der Waals surface area contributed by atoms with Crippen molar-refractivity contribution >= 4 is 5.69 Å². The molecule has 0 aliphatic rings. The maximum Gasteiger partial charge on any atom is 0.0763 e. The fourth-order valence-electron chi connectivity index (χ4n) is 1.09. The zero-order valence-corrected chi connectivity index (χ0v) is 7.52. The minimum atomic E-state index is 0.588. The molecule has 0 heterocycles. The zero-order valence-electron chi connectivity index (χ0n) is 7.52. The molecule has 1 N–H and O–H groups in total. The number of hydrogen-bond acceptors (Lipinski definition) is 1. The molecule has 1 nitrogen and oxygen atoms in total. The molecule has 1 aromatic rings. The second kappa shape index (κ2) is 3.82. The maximum absolute atomic E-state index is 5.15. The van der Waals surface area contributed by atoms with Crippen molar-refractivity contribution in [1.82, 2.24) is 0 Å². The Balaban J connectivity index is 2.86. The lowest BCUT2D eigenvalue weighted by Gasteiger charge is -2.08. The molecule has 0 unspecified atom stereocenters. The highest BCUT2D eigenvalue weighted by atomic mass is 14.9. The van der Waals surface area contributed by atoms with E-state index >= 15 is 0 Å². The van der Waals surface area contributed by atoms with Crippen LogP contribution in [0, 0.1) is 26.2 Å². The van der Waals surface area contributed by atoms with Crippen molar-refractivity contribution in [3.05, 3.63) is 29.3 Å². The molecule has 1 rings (SSSR count). The summed E-state index contributed by atoms with van der Waals surface area (Å²) in [5, 5.41) is 3.17. The summed E-state index contributed by atoms with van der Waals surface area (Å²) < 4.78 is 0. The summed E-state index contributed by atoms with van der Waals surface area (Å²) in [6, 6.07) is 6.16. The first-order valence-corrected chi connectivity index (χ1v) is 3.99. The minimum Gasteiger partial charge on any atom is -0.374 e. The lowest BCUT2D eigenvalue weighted by molar-refractivity contribution is 1.28. The van der Waals surface area contributed by atoms with Crippen LogP contribution in [0.5, 0.6) is 0 Å². The molecule has 12 heavy (non-hydrogen) atoms. The summed E-state index contributed by atoms with van der Waals surface area (Å²) in [6.45, 7) is 4.77. The number of hydrogen-bond donors (Lipinski definition) is 1. The van der Waals surface area contributed by atoms with E-state index in [2.05, 4.69) is 31.2 Å². The first kappa shape index (κ1) is 8.67. The molecule has 0 fully saturated rings. The van der Waals surface area contributed by atoms with Gasteiger partial charge in [0.2, 0.25) is 0 Å². The van der Waals surface area contributed by atoms with Crippen LogP contribution in [0.25, 0.3) is 0 Å². The molecule has 0 saturated carbocycles. The molecular weight excluding hydrogens is 146 g/mol. The van der Waals surface area contributed by atoms with Crippen LogP contribution < -0.4 is 5.32 Å². The fraction of sp³-hybridized carbons (Fsp3) is 0.273. The smallest absolute Gasteiger partial charge is 0.0763 e. The summed E-state index contributed by atoms with van der Waals surface area (Å²) in [4.78, 5) is 0. The van der Waals surface area contributed by atoms with E-state index in [1.54, 1.807) is 0 Å². The standard InChI is InChI=1S/C11H13N/c1-4-8-12-11-7-5-6-9(2)10(11)3/h1,5-7,12H,8H2,2-3H3. The summed E-state index contributed by atoms with van der Waals surface area (Å²) >= 11 is 0. The van der Waals surface area contributed by atoms with Crippen LogP contribution in [-0.4, -0.2) is 6.54 Å². The van der Waals surface area contributed by atoms with Crippen molar-refractivity contribution in [2.24, 2.45) is 0 Å². The van der Waals surface area contributed by atoms with Gasteiger partial charge in [0.15, 0.2) is 0 Å². The Kier molecular flexibility index (Phi) is 2.76. The second-order valence-electron chi connectivity index (χ2n) is 2.81. The largest absolute Gasteiger partial charge is 0.374 e. The molecule has 62 valence electrons. The fourth-order valence-corrected chi connectivity index (χ4v) is 1.09. The van der Waals surface area contributed by atoms with E-state index in [0.29, 0.717) is 6.54 Å². The number of benzene rings is 1. The summed E-state index contributed by atoms with van der Waals surface area (Å²) in [7, 11) is 0. The van der Waals surface area contributed by atoms with Crippen LogP contribution >= 0.6 is 0 Å². The van der Waals surface area contributed by atoms with Gasteiger partial charge in [0.25, 0.3) is 0 Å². The van der Waals surface area contributed by atoms with E-state index in [4.69, 9.17) is 6.42 Å². The Bertz CT molecular complexity index is 307. The van der Waals surface area contributed by atoms with E-state index in [1.165, 1.54) is 11.1 Å². The maximum atomic E-state index is 5.15. The second-order valence-corrected chi connectivity index (χ2v) is 2.81. The zero-order chi connectivity index (χ0) is 8.97. The van der Waals surface area contributed by atoms with Crippen LogP contribution in [0.1, 0.15) is 11.1 Å². The van der Waals surface area contributed by atoms with Crippen LogP contribution in [0.15, 0.2) is 18.2 Å². The molecule has 1 heteroatoms. The Hall–Kier alpha value is -1.42. The highest BCUT2D eigenvalue weighted by Crippen LogP contribution is 2.17. The van der Waals surface area contributed by atoms with Crippen molar-refractivity contribution in [2.75, 3.05) is 11.9 Å². The van der Waals surface area contributed by atoms with E-state index in [9.17, 15) is 0 Å². The van der Waals surface area contributed by atoms with E-state index in [1.807, 2.05) is 12.1 Å². The lowest BCUT2D eigenvalue weighted by Crippen LogP contribution is -2.00. The molecule has 0 radical (unpaired) electrons. The predicted molar refractivity (Wildman–Crippen MR) is 53.2 cm³/mol. The molecule has 0 aliphatic heterocycles. The van der Waals surface area contributed by atoms with Gasteiger partial charge in [-0.1, -0.05) is 18.1 Å². The van der Waals surface area contributed by atoms with Crippen LogP contribution in [0.2, 0.25) is 0 Å². The van der Waals surface area contributed by atoms with E-state index in [-0.39, 0.29) is 0 Å². The van der Waals surface area contributed by atoms with Gasteiger partial charge in [0.05, 0.1) is 6.54 Å². The third kappa shape index (κ3) is 1.79. The molecule has 0 atom stereocenters. The Labute approximate surface area is 73.8 Å². The molecule has 0 bridgehead atoms. The molecule has 0 spiro atoms. The van der Waals surface area contributed by atoms with Gasteiger partial charge in [-0.25, -0.2) is 0 Å². The number of nitrogens with one attached hydrogen (secondary N) is 1. The minimum absolute atomic E-state index is 0.588. The molecule has 0 aromatic heterocycles. The lowest BCUT2D eigenvalue weighted by atomic mass is 10.1. The van der Waals surface area contributed by atoms with Crippen molar-refractivity contribution in [2.45, 2.75) is 13.8 Å². The highest BCUT2D eigenvalue weighted by molar-refractivity contribution is 5.54. The average molecular weight is 159 g/mol. The van der Waals surface area contributed by atoms with Crippen molar-refractivity contribution in [3.8, 4) is 12.3 Å². The van der Waals surface area contributed by atoms with Gasteiger partial charge >= 0.3 is 0 Å². The van der Waals surface area contributed by atoms with Gasteiger partial charge in [-0.3, -0.25) is 0 Å². The Morgan fingerprint density at radius 3 is 2.83 bits per heavy atom. The van der Waals surface area contributed by atoms with E-state index < -0.39 is 0 Å². The summed E-state index contributed by atoms with van der Waals surface area (Å²) in [5.41, 5.74) is 3.69. The molecule has 0 saturated heterocycles. The van der Waals surface area contributed by atoms with Crippen LogP contribution in [0.4, 0.5) is 5.69 Å². The Morgan fingerprint density at radius 1 is 1.42 bits per heavy atom. The van der Waals surface area contributed by atoms with Gasteiger partial charge in [0, 0.05) is 5.69 Å². The van der Waals surface area contributed by atoms with E-state index in [0.717, 1.165) is 5.69 Å². The first-order valence-electron chi connectivity index (χ1n) is 3.99. The Morgan fingerprint density at radius 2 is 2.17 bits per heavy atom. The van der Waals surface area contributed by atoms with Gasteiger partial charge in [0.1, 0.15) is 0 Å². The number of terminal acetylenes is 1. The monoisotopic (exact) mass is 159 g/mol. The summed E-state index contributed by atoms with van der Waals surface area (Å²) in [5.74, 6) is 2.55. The third-order valence-electron chi connectivity index (χ3n) is 1.99. The van der Waals surface area contributed by atoms with Crippen LogP contribution in [0.3, 0.4) is 0 Å². The van der Waals surface area contributed by atoms with Gasteiger partial charge < -0.3 is 5.32 Å². The number of rotatable bonds is 2. The van der Waals surface area contributed by atoms with Gasteiger partial charge in [-0.15, -0.1) is 6.42 Å². The van der Waals surface area contributed by atoms with Crippen molar-refractivity contribution in [1.29, 1.82) is 0 Å². The number of aryl methyl sites for hydroxylation is 1. The highest BCUT2D eigenvalue weighted by Gasteiger charge is 1.97. The topological polar surface area (TPSA) is 12.0 Å². The molecule has 0 amide bonds. The molecular formula is C11H13N. The van der Waals surface area contributed by atoms with Gasteiger partial charge in [-0.2, -0.15) is 0 Å². The average Bonchev–Trinajstić information content (AvgIpc) is 2.08. The molecule has 1 aromatic carbocycles. The predicted octanol–water partition coefficient (Wildman–Crippen LogP) is 2.35. The van der Waals surface area contributed by atoms with Crippen molar-refractivity contribution in [3.63, 3.8) is 0 Å². The third-order valence-corrected chi connectivity index (χ3v) is 1.99. The van der Waals surface area contributed by atoms with Gasteiger partial charge in [-0.05, 0) is 31.0 Å². The molecule has 0 aliphatic carbocycles. The first-order chi connectivity index (χ1) is 5.75. The SMILES string of the molecule is C#CCNc1cccc(C)c1C. The van der Waals surface area contributed by atoms with Crippen molar-refractivity contribution < 1.29 is 0 Å². The summed E-state index contributed by atoms with van der Waals surface area (Å²) in [6.07, 6.45) is 5.15.